The molecule has 0 saturated carbocycles. The van der Waals surface area contributed by atoms with Crippen molar-refractivity contribution in [1.82, 2.24) is 10.2 Å². The van der Waals surface area contributed by atoms with Gasteiger partial charge in [0.15, 0.2) is 23.0 Å². The molecule has 26 heavy (non-hydrogen) atoms. The molecule has 0 saturated heterocycles. The average molecular weight is 350 g/mol. The molecule has 0 radical (unpaired) electrons. The summed E-state index contributed by atoms with van der Waals surface area (Å²) in [5.74, 6) is 2.42. The van der Waals surface area contributed by atoms with Crippen LogP contribution in [-0.4, -0.2) is 38.6 Å². The van der Waals surface area contributed by atoms with E-state index in [-0.39, 0.29) is 0 Å². The van der Waals surface area contributed by atoms with Crippen molar-refractivity contribution in [1.29, 1.82) is 0 Å². The number of benzene rings is 3. The van der Waals surface area contributed by atoms with E-state index in [0.29, 0.717) is 34.0 Å². The maximum Gasteiger partial charge on any atom is 0.189 e. The van der Waals surface area contributed by atoms with Crippen LogP contribution in [0.2, 0.25) is 0 Å². The molecule has 6 heteroatoms. The SMILES string of the molecule is COc1ccc2nnc3c(OC)c(OC)c4ccccc4c3c2c1OC. The molecule has 0 aliphatic rings. The molecule has 4 aromatic rings. The molecule has 0 aliphatic heterocycles. The first-order valence-corrected chi connectivity index (χ1v) is 8.08. The van der Waals surface area contributed by atoms with Gasteiger partial charge >= 0.3 is 0 Å². The maximum absolute atomic E-state index is 5.67. The van der Waals surface area contributed by atoms with E-state index in [0.717, 1.165) is 21.5 Å². The van der Waals surface area contributed by atoms with Crippen molar-refractivity contribution in [2.45, 2.75) is 0 Å². The van der Waals surface area contributed by atoms with Crippen molar-refractivity contribution in [3.8, 4) is 23.0 Å². The number of rotatable bonds is 4. The molecule has 0 N–H and O–H groups in total. The van der Waals surface area contributed by atoms with Crippen LogP contribution in [0.5, 0.6) is 23.0 Å². The highest BCUT2D eigenvalue weighted by molar-refractivity contribution is 6.23. The Hall–Kier alpha value is -3.28. The molecule has 6 nitrogen and oxygen atoms in total. The van der Waals surface area contributed by atoms with Gasteiger partial charge in [0, 0.05) is 10.8 Å². The monoisotopic (exact) mass is 350 g/mol. The van der Waals surface area contributed by atoms with Crippen LogP contribution in [0.4, 0.5) is 0 Å². The molecule has 0 atom stereocenters. The van der Waals surface area contributed by atoms with Gasteiger partial charge in [0.2, 0.25) is 0 Å². The van der Waals surface area contributed by atoms with Crippen molar-refractivity contribution in [3.05, 3.63) is 36.4 Å². The van der Waals surface area contributed by atoms with Gasteiger partial charge in [-0.3, -0.25) is 0 Å². The number of hydrogen-bond acceptors (Lipinski definition) is 6. The minimum absolute atomic E-state index is 0.542. The highest BCUT2D eigenvalue weighted by atomic mass is 16.5. The van der Waals surface area contributed by atoms with Crippen LogP contribution in [0, 0.1) is 0 Å². The standard InChI is InChI=1S/C20H18N2O4/c1-23-14-10-9-13-16(19(14)25-3)15-11-7-5-6-8-12(11)18(24-2)20(26-4)17(15)22-21-13/h5-10H,1-4H3. The lowest BCUT2D eigenvalue weighted by Gasteiger charge is -2.17. The van der Waals surface area contributed by atoms with Gasteiger partial charge in [-0.05, 0) is 17.5 Å². The van der Waals surface area contributed by atoms with Crippen molar-refractivity contribution >= 4 is 32.6 Å². The highest BCUT2D eigenvalue weighted by Crippen LogP contribution is 2.47. The van der Waals surface area contributed by atoms with Crippen LogP contribution < -0.4 is 18.9 Å². The maximum atomic E-state index is 5.67. The molecule has 132 valence electrons. The third-order valence-electron chi connectivity index (χ3n) is 4.54. The second kappa shape index (κ2) is 6.22. The molecular formula is C20H18N2O4. The molecule has 0 spiro atoms. The van der Waals surface area contributed by atoms with Gasteiger partial charge in [0.1, 0.15) is 5.52 Å². The summed E-state index contributed by atoms with van der Waals surface area (Å²) in [7, 11) is 6.45. The van der Waals surface area contributed by atoms with E-state index in [9.17, 15) is 0 Å². The second-order valence-electron chi connectivity index (χ2n) is 5.73. The smallest absolute Gasteiger partial charge is 0.189 e. The van der Waals surface area contributed by atoms with Gasteiger partial charge in [-0.1, -0.05) is 24.3 Å². The number of fused-ring (bicyclic) bond motifs is 5. The van der Waals surface area contributed by atoms with Crippen LogP contribution in [-0.2, 0) is 0 Å². The Morgan fingerprint density at radius 3 is 1.96 bits per heavy atom. The molecule has 0 unspecified atom stereocenters. The van der Waals surface area contributed by atoms with E-state index in [1.54, 1.807) is 28.4 Å². The molecule has 4 rings (SSSR count). The van der Waals surface area contributed by atoms with Crippen molar-refractivity contribution in [2.24, 2.45) is 0 Å². The van der Waals surface area contributed by atoms with Gasteiger partial charge in [-0.25, -0.2) is 0 Å². The Bertz CT molecular complexity index is 1140. The second-order valence-corrected chi connectivity index (χ2v) is 5.73. The Balaban J connectivity index is 2.36. The quantitative estimate of drug-likeness (QED) is 0.519. The first-order chi connectivity index (χ1) is 12.7. The van der Waals surface area contributed by atoms with Crippen LogP contribution in [0.1, 0.15) is 0 Å². The number of aromatic nitrogens is 2. The van der Waals surface area contributed by atoms with Gasteiger partial charge in [0.05, 0.1) is 39.3 Å². The summed E-state index contributed by atoms with van der Waals surface area (Å²) in [6, 6.07) is 11.7. The molecule has 0 fully saturated rings. The molecule has 0 bridgehead atoms. The minimum atomic E-state index is 0.542. The third-order valence-corrected chi connectivity index (χ3v) is 4.54. The Morgan fingerprint density at radius 2 is 1.31 bits per heavy atom. The summed E-state index contributed by atoms with van der Waals surface area (Å²) in [4.78, 5) is 0. The number of hydrogen-bond donors (Lipinski definition) is 0. The molecule has 0 aliphatic carbocycles. The fraction of sp³-hybridized carbons (Fsp3) is 0.200. The lowest BCUT2D eigenvalue weighted by Crippen LogP contribution is -1.99. The lowest BCUT2D eigenvalue weighted by molar-refractivity contribution is 0.358. The van der Waals surface area contributed by atoms with E-state index in [2.05, 4.69) is 10.2 Å². The van der Waals surface area contributed by atoms with Crippen LogP contribution >= 0.6 is 0 Å². The van der Waals surface area contributed by atoms with Crippen molar-refractivity contribution < 1.29 is 18.9 Å². The normalized spacial score (nSPS) is 11.1. The van der Waals surface area contributed by atoms with Gasteiger partial charge < -0.3 is 18.9 Å². The summed E-state index contributed by atoms with van der Waals surface area (Å²) in [6.45, 7) is 0. The minimum Gasteiger partial charge on any atom is -0.493 e. The summed E-state index contributed by atoms with van der Waals surface area (Å²) in [6.07, 6.45) is 0. The van der Waals surface area contributed by atoms with Crippen molar-refractivity contribution in [2.75, 3.05) is 28.4 Å². The number of methoxy groups -OCH3 is 4. The van der Waals surface area contributed by atoms with Gasteiger partial charge in [-0.2, -0.15) is 0 Å². The lowest BCUT2D eigenvalue weighted by atomic mass is 9.99. The van der Waals surface area contributed by atoms with Crippen LogP contribution in [0.25, 0.3) is 32.6 Å². The third kappa shape index (κ3) is 2.12. The van der Waals surface area contributed by atoms with Crippen LogP contribution in [0.15, 0.2) is 36.4 Å². The van der Waals surface area contributed by atoms with E-state index in [1.807, 2.05) is 36.4 Å². The molecular weight excluding hydrogens is 332 g/mol. The first kappa shape index (κ1) is 16.2. The largest absolute Gasteiger partial charge is 0.493 e. The zero-order valence-corrected chi connectivity index (χ0v) is 15.0. The van der Waals surface area contributed by atoms with Gasteiger partial charge in [0.25, 0.3) is 0 Å². The summed E-state index contributed by atoms with van der Waals surface area (Å²) < 4.78 is 22.4. The predicted molar refractivity (Wildman–Crippen MR) is 101 cm³/mol. The Kier molecular flexibility index (Phi) is 3.88. The van der Waals surface area contributed by atoms with Crippen LogP contribution in [0.3, 0.4) is 0 Å². The summed E-state index contributed by atoms with van der Waals surface area (Å²) >= 11 is 0. The number of ether oxygens (including phenoxy) is 4. The van der Waals surface area contributed by atoms with E-state index in [1.165, 1.54) is 0 Å². The molecule has 1 aromatic heterocycles. The summed E-state index contributed by atoms with van der Waals surface area (Å²) in [5.41, 5.74) is 1.33. The Morgan fingerprint density at radius 1 is 0.615 bits per heavy atom. The zero-order valence-electron chi connectivity index (χ0n) is 15.0. The first-order valence-electron chi connectivity index (χ1n) is 8.08. The molecule has 0 amide bonds. The predicted octanol–water partition coefficient (Wildman–Crippen LogP) is 3.97. The van der Waals surface area contributed by atoms with E-state index >= 15 is 0 Å². The Labute approximate surface area is 150 Å². The molecule has 1 heterocycles. The number of nitrogens with zero attached hydrogens (tertiary/aromatic N) is 2. The van der Waals surface area contributed by atoms with E-state index in [4.69, 9.17) is 18.9 Å². The fourth-order valence-electron chi connectivity index (χ4n) is 3.46. The summed E-state index contributed by atoms with van der Waals surface area (Å²) in [5, 5.41) is 12.4. The molecule has 3 aromatic carbocycles. The van der Waals surface area contributed by atoms with E-state index < -0.39 is 0 Å². The topological polar surface area (TPSA) is 62.7 Å². The van der Waals surface area contributed by atoms with Crippen molar-refractivity contribution in [3.63, 3.8) is 0 Å². The highest BCUT2D eigenvalue weighted by Gasteiger charge is 2.22. The zero-order chi connectivity index (χ0) is 18.3. The van der Waals surface area contributed by atoms with Gasteiger partial charge in [-0.15, -0.1) is 10.2 Å². The fourth-order valence-corrected chi connectivity index (χ4v) is 3.46. The average Bonchev–Trinajstić information content (AvgIpc) is 2.70.